The van der Waals surface area contributed by atoms with E-state index < -0.39 is 5.92 Å². The minimum Gasteiger partial charge on any atom is -0.325 e. The summed E-state index contributed by atoms with van der Waals surface area (Å²) in [7, 11) is 0. The summed E-state index contributed by atoms with van der Waals surface area (Å²) in [5, 5.41) is 3.67. The molecule has 1 atom stereocenters. The summed E-state index contributed by atoms with van der Waals surface area (Å²) in [6.45, 7) is 4.18. The molecule has 0 saturated carbocycles. The summed E-state index contributed by atoms with van der Waals surface area (Å²) in [5.41, 5.74) is 3.33. The molecular weight excluding hydrogens is 359 g/mol. The predicted molar refractivity (Wildman–Crippen MR) is 101 cm³/mol. The van der Waals surface area contributed by atoms with Gasteiger partial charge in [-0.2, -0.15) is 0 Å². The topological polar surface area (TPSA) is 49.4 Å². The largest absolute Gasteiger partial charge is 0.325 e. The molecule has 0 radical (unpaired) electrons. The Morgan fingerprint density at radius 1 is 1.12 bits per heavy atom. The average Bonchev–Trinajstić information content (AvgIpc) is 2.95. The van der Waals surface area contributed by atoms with Crippen LogP contribution in [0.4, 0.5) is 11.4 Å². The van der Waals surface area contributed by atoms with Gasteiger partial charge in [0.25, 0.3) is 0 Å². The van der Waals surface area contributed by atoms with E-state index in [1.54, 1.807) is 18.2 Å². The first-order chi connectivity index (χ1) is 11.9. The molecular formula is C19H18Cl2N2O2. The molecule has 0 spiro atoms. The van der Waals surface area contributed by atoms with Crippen molar-refractivity contribution in [1.29, 1.82) is 0 Å². The van der Waals surface area contributed by atoms with Crippen LogP contribution in [0.1, 0.15) is 17.5 Å². The number of para-hydroxylation sites is 1. The number of carbonyl (C=O) groups is 2. The molecule has 1 heterocycles. The number of nitrogens with one attached hydrogen (secondary N) is 1. The molecule has 0 aliphatic carbocycles. The minimum absolute atomic E-state index is 0.133. The number of hydrogen-bond acceptors (Lipinski definition) is 2. The number of hydrogen-bond donors (Lipinski definition) is 1. The molecule has 1 aliphatic rings. The van der Waals surface area contributed by atoms with Crippen LogP contribution in [0.2, 0.25) is 10.0 Å². The third-order valence-electron chi connectivity index (χ3n) is 4.45. The van der Waals surface area contributed by atoms with Gasteiger partial charge >= 0.3 is 0 Å². The van der Waals surface area contributed by atoms with Crippen LogP contribution in [0.15, 0.2) is 36.4 Å². The Kier molecular flexibility index (Phi) is 5.02. The highest BCUT2D eigenvalue weighted by Gasteiger charge is 2.36. The standard InChI is InChI=1S/C19H18Cl2N2O2/c1-11-5-3-6-12(2)18(11)22-19(25)13-9-16(24)23(10-13)15-8-4-7-14(20)17(15)21/h3-8,13H,9-10H2,1-2H3,(H,22,25)/t13-/m0/s1. The third-order valence-corrected chi connectivity index (χ3v) is 5.26. The zero-order valence-corrected chi connectivity index (χ0v) is 15.5. The monoisotopic (exact) mass is 376 g/mol. The molecule has 2 amide bonds. The molecule has 6 heteroatoms. The number of aryl methyl sites for hydroxylation is 2. The van der Waals surface area contributed by atoms with Crippen molar-refractivity contribution in [3.05, 3.63) is 57.6 Å². The van der Waals surface area contributed by atoms with E-state index >= 15 is 0 Å². The highest BCUT2D eigenvalue weighted by molar-refractivity contribution is 6.44. The number of benzene rings is 2. The van der Waals surface area contributed by atoms with Crippen LogP contribution in [0.5, 0.6) is 0 Å². The van der Waals surface area contributed by atoms with E-state index in [1.807, 2.05) is 32.0 Å². The van der Waals surface area contributed by atoms with Crippen LogP contribution in [-0.2, 0) is 9.59 Å². The number of carbonyl (C=O) groups excluding carboxylic acids is 2. The summed E-state index contributed by atoms with van der Waals surface area (Å²) >= 11 is 12.2. The van der Waals surface area contributed by atoms with E-state index in [0.717, 1.165) is 16.8 Å². The first-order valence-corrected chi connectivity index (χ1v) is 8.75. The number of amides is 2. The second kappa shape index (κ2) is 7.06. The first kappa shape index (κ1) is 17.8. The van der Waals surface area contributed by atoms with Crippen molar-refractivity contribution in [3.63, 3.8) is 0 Å². The van der Waals surface area contributed by atoms with Crippen LogP contribution in [0.3, 0.4) is 0 Å². The van der Waals surface area contributed by atoms with Gasteiger partial charge in [-0.15, -0.1) is 0 Å². The van der Waals surface area contributed by atoms with Gasteiger partial charge in [-0.05, 0) is 37.1 Å². The Labute approximate surface area is 156 Å². The molecule has 2 aromatic rings. The van der Waals surface area contributed by atoms with Crippen molar-refractivity contribution in [2.45, 2.75) is 20.3 Å². The minimum atomic E-state index is -0.429. The number of rotatable bonds is 3. The van der Waals surface area contributed by atoms with Crippen LogP contribution in [0, 0.1) is 19.8 Å². The molecule has 0 unspecified atom stereocenters. The second-order valence-corrected chi connectivity index (χ2v) is 7.02. The van der Waals surface area contributed by atoms with Crippen molar-refractivity contribution in [1.82, 2.24) is 0 Å². The van der Waals surface area contributed by atoms with Crippen molar-refractivity contribution in [2.75, 3.05) is 16.8 Å². The Hall–Kier alpha value is -2.04. The molecule has 2 aromatic carbocycles. The summed E-state index contributed by atoms with van der Waals surface area (Å²) in [6.07, 6.45) is 0.152. The Morgan fingerprint density at radius 3 is 2.44 bits per heavy atom. The number of nitrogens with zero attached hydrogens (tertiary/aromatic N) is 1. The van der Waals surface area contributed by atoms with Crippen LogP contribution in [0.25, 0.3) is 0 Å². The quantitative estimate of drug-likeness (QED) is 0.850. The van der Waals surface area contributed by atoms with Crippen molar-refractivity contribution in [3.8, 4) is 0 Å². The second-order valence-electron chi connectivity index (χ2n) is 6.23. The van der Waals surface area contributed by atoms with Crippen LogP contribution < -0.4 is 10.2 Å². The fourth-order valence-corrected chi connectivity index (χ4v) is 3.45. The highest BCUT2D eigenvalue weighted by atomic mass is 35.5. The average molecular weight is 377 g/mol. The van der Waals surface area contributed by atoms with Crippen LogP contribution >= 0.6 is 23.2 Å². The van der Waals surface area contributed by atoms with E-state index in [9.17, 15) is 9.59 Å². The highest BCUT2D eigenvalue weighted by Crippen LogP contribution is 2.36. The maximum absolute atomic E-state index is 12.6. The lowest BCUT2D eigenvalue weighted by Gasteiger charge is -2.19. The lowest BCUT2D eigenvalue weighted by Crippen LogP contribution is -2.28. The molecule has 1 N–H and O–H groups in total. The van der Waals surface area contributed by atoms with Gasteiger partial charge in [-0.1, -0.05) is 47.5 Å². The molecule has 0 aromatic heterocycles. The molecule has 0 bridgehead atoms. The summed E-state index contributed by atoms with van der Waals surface area (Å²) in [6, 6.07) is 11.0. The van der Waals surface area contributed by atoms with Gasteiger partial charge in [0, 0.05) is 18.7 Å². The van der Waals surface area contributed by atoms with Crippen molar-refractivity contribution >= 4 is 46.4 Å². The van der Waals surface area contributed by atoms with Crippen molar-refractivity contribution < 1.29 is 9.59 Å². The van der Waals surface area contributed by atoms with Gasteiger partial charge in [0.05, 0.1) is 21.7 Å². The van der Waals surface area contributed by atoms with Crippen molar-refractivity contribution in [2.24, 2.45) is 5.92 Å². The maximum atomic E-state index is 12.6. The fourth-order valence-electron chi connectivity index (χ4n) is 3.05. The smallest absolute Gasteiger partial charge is 0.229 e. The van der Waals surface area contributed by atoms with Gasteiger partial charge in [0.1, 0.15) is 0 Å². The summed E-state index contributed by atoms with van der Waals surface area (Å²) in [4.78, 5) is 26.6. The van der Waals surface area contributed by atoms with Crippen LogP contribution in [-0.4, -0.2) is 18.4 Å². The zero-order valence-electron chi connectivity index (χ0n) is 14.0. The molecule has 3 rings (SSSR count). The molecule has 4 nitrogen and oxygen atoms in total. The molecule has 25 heavy (non-hydrogen) atoms. The van der Waals surface area contributed by atoms with Gasteiger partial charge < -0.3 is 10.2 Å². The van der Waals surface area contributed by atoms with E-state index in [2.05, 4.69) is 5.32 Å². The SMILES string of the molecule is Cc1cccc(C)c1NC(=O)[C@H]1CC(=O)N(c2cccc(Cl)c2Cl)C1. The molecule has 1 aliphatic heterocycles. The van der Waals surface area contributed by atoms with E-state index in [1.165, 1.54) is 4.90 Å². The molecule has 130 valence electrons. The predicted octanol–water partition coefficient (Wildman–Crippen LogP) is 4.60. The van der Waals surface area contributed by atoms with E-state index in [0.29, 0.717) is 15.7 Å². The molecule has 1 saturated heterocycles. The van der Waals surface area contributed by atoms with Gasteiger partial charge in [-0.3, -0.25) is 9.59 Å². The number of anilines is 2. The lowest BCUT2D eigenvalue weighted by atomic mass is 10.1. The zero-order chi connectivity index (χ0) is 18.1. The fraction of sp³-hybridized carbons (Fsp3) is 0.263. The van der Waals surface area contributed by atoms with E-state index in [4.69, 9.17) is 23.2 Å². The Balaban J connectivity index is 1.78. The maximum Gasteiger partial charge on any atom is 0.229 e. The normalized spacial score (nSPS) is 17.0. The summed E-state index contributed by atoms with van der Waals surface area (Å²) < 4.78 is 0. The Bertz CT molecular complexity index is 831. The number of halogens is 2. The van der Waals surface area contributed by atoms with Gasteiger partial charge in [0.15, 0.2) is 0 Å². The van der Waals surface area contributed by atoms with E-state index in [-0.39, 0.29) is 24.8 Å². The van der Waals surface area contributed by atoms with Gasteiger partial charge in [-0.25, -0.2) is 0 Å². The molecule has 1 fully saturated rings. The lowest BCUT2D eigenvalue weighted by molar-refractivity contribution is -0.122. The third kappa shape index (κ3) is 3.51. The Morgan fingerprint density at radius 2 is 1.76 bits per heavy atom. The van der Waals surface area contributed by atoms with Gasteiger partial charge in [0.2, 0.25) is 11.8 Å². The summed E-state index contributed by atoms with van der Waals surface area (Å²) in [5.74, 6) is -0.723. The first-order valence-electron chi connectivity index (χ1n) is 8.00.